The summed E-state index contributed by atoms with van der Waals surface area (Å²) in [6.07, 6.45) is 0. The molecule has 0 heterocycles. The van der Waals surface area contributed by atoms with Crippen LogP contribution in [0.25, 0.3) is 0 Å². The summed E-state index contributed by atoms with van der Waals surface area (Å²) in [5.41, 5.74) is 0.932. The van der Waals surface area contributed by atoms with Crippen LogP contribution < -0.4 is 10.2 Å². The maximum atomic E-state index is 13.1. The predicted octanol–water partition coefficient (Wildman–Crippen LogP) is 2.65. The van der Waals surface area contributed by atoms with Gasteiger partial charge in [-0.2, -0.15) is 0 Å². The first-order chi connectivity index (χ1) is 7.44. The minimum atomic E-state index is -0.189. The Kier molecular flexibility index (Phi) is 4.30. The van der Waals surface area contributed by atoms with Gasteiger partial charge in [-0.1, -0.05) is 13.0 Å². The van der Waals surface area contributed by atoms with E-state index in [1.54, 1.807) is 12.1 Å². The lowest BCUT2D eigenvalue weighted by Crippen LogP contribution is -2.48. The number of likely N-dealkylation sites (N-methyl/N-ethyl adjacent to an activating group) is 2. The fraction of sp³-hybridized carbons (Fsp3) is 0.538. The summed E-state index contributed by atoms with van der Waals surface area (Å²) in [7, 11) is 1.98. The van der Waals surface area contributed by atoms with Crippen molar-refractivity contribution >= 4 is 5.69 Å². The highest BCUT2D eigenvalue weighted by atomic mass is 19.1. The van der Waals surface area contributed by atoms with Crippen molar-refractivity contribution in [2.45, 2.75) is 26.3 Å². The van der Waals surface area contributed by atoms with Crippen molar-refractivity contribution in [2.24, 2.45) is 0 Å². The maximum absolute atomic E-state index is 13.1. The van der Waals surface area contributed by atoms with Crippen molar-refractivity contribution in [2.75, 3.05) is 25.0 Å². The van der Waals surface area contributed by atoms with Gasteiger partial charge in [-0.05, 0) is 38.6 Å². The van der Waals surface area contributed by atoms with E-state index in [-0.39, 0.29) is 11.4 Å². The minimum absolute atomic E-state index is 0.0236. The van der Waals surface area contributed by atoms with Crippen LogP contribution in [0.1, 0.15) is 20.8 Å². The molecular weight excluding hydrogens is 203 g/mol. The number of nitrogens with one attached hydrogen (secondary N) is 1. The molecule has 0 saturated carbocycles. The van der Waals surface area contributed by atoms with Crippen molar-refractivity contribution in [3.8, 4) is 0 Å². The number of rotatable bonds is 5. The summed E-state index contributed by atoms with van der Waals surface area (Å²) in [5, 5.41) is 3.40. The summed E-state index contributed by atoms with van der Waals surface area (Å²) < 4.78 is 13.1. The highest BCUT2D eigenvalue weighted by molar-refractivity contribution is 5.45. The van der Waals surface area contributed by atoms with Gasteiger partial charge in [0.25, 0.3) is 0 Å². The molecule has 0 aliphatic carbocycles. The van der Waals surface area contributed by atoms with Crippen LogP contribution in [0, 0.1) is 5.82 Å². The average Bonchev–Trinajstić information content (AvgIpc) is 2.16. The summed E-state index contributed by atoms with van der Waals surface area (Å²) in [6, 6.07) is 6.68. The molecule has 0 amide bonds. The van der Waals surface area contributed by atoms with Gasteiger partial charge in [0.2, 0.25) is 0 Å². The van der Waals surface area contributed by atoms with E-state index >= 15 is 0 Å². The fourth-order valence-corrected chi connectivity index (χ4v) is 1.93. The molecule has 0 radical (unpaired) electrons. The maximum Gasteiger partial charge on any atom is 0.125 e. The summed E-state index contributed by atoms with van der Waals surface area (Å²) in [5.74, 6) is -0.189. The SMILES string of the molecule is CCNC(C)(C)CN(C)c1cccc(F)c1. The molecule has 0 saturated heterocycles. The highest BCUT2D eigenvalue weighted by Crippen LogP contribution is 2.16. The van der Waals surface area contributed by atoms with Gasteiger partial charge >= 0.3 is 0 Å². The van der Waals surface area contributed by atoms with E-state index in [1.165, 1.54) is 6.07 Å². The molecule has 0 bridgehead atoms. The summed E-state index contributed by atoms with van der Waals surface area (Å²) >= 11 is 0. The van der Waals surface area contributed by atoms with Crippen LogP contribution in [0.2, 0.25) is 0 Å². The molecule has 1 aromatic carbocycles. The van der Waals surface area contributed by atoms with Gasteiger partial charge in [0.1, 0.15) is 5.82 Å². The highest BCUT2D eigenvalue weighted by Gasteiger charge is 2.18. The molecule has 0 aromatic heterocycles. The van der Waals surface area contributed by atoms with Crippen LogP contribution in [0.15, 0.2) is 24.3 Å². The Hall–Kier alpha value is -1.09. The first-order valence-corrected chi connectivity index (χ1v) is 5.66. The smallest absolute Gasteiger partial charge is 0.125 e. The Bertz CT molecular complexity index is 336. The van der Waals surface area contributed by atoms with Crippen LogP contribution in [0.3, 0.4) is 0 Å². The lowest BCUT2D eigenvalue weighted by molar-refractivity contribution is 0.403. The standard InChI is InChI=1S/C13H21FN2/c1-5-15-13(2,3)10-16(4)12-8-6-7-11(14)9-12/h6-9,15H,5,10H2,1-4H3. The third kappa shape index (κ3) is 3.81. The zero-order valence-corrected chi connectivity index (χ0v) is 10.5. The minimum Gasteiger partial charge on any atom is -0.373 e. The molecule has 0 aliphatic rings. The van der Waals surface area contributed by atoms with E-state index in [0.717, 1.165) is 18.8 Å². The van der Waals surface area contributed by atoms with Crippen molar-refractivity contribution in [3.05, 3.63) is 30.1 Å². The third-order valence-corrected chi connectivity index (χ3v) is 2.54. The van der Waals surface area contributed by atoms with Crippen molar-refractivity contribution in [1.29, 1.82) is 0 Å². The predicted molar refractivity (Wildman–Crippen MR) is 67.4 cm³/mol. The molecule has 1 N–H and O–H groups in total. The van der Waals surface area contributed by atoms with Crippen LogP contribution in [0.4, 0.5) is 10.1 Å². The van der Waals surface area contributed by atoms with Crippen molar-refractivity contribution in [1.82, 2.24) is 5.32 Å². The van der Waals surface area contributed by atoms with Gasteiger partial charge in [-0.25, -0.2) is 4.39 Å². The fourth-order valence-electron chi connectivity index (χ4n) is 1.93. The van der Waals surface area contributed by atoms with Gasteiger partial charge in [0.15, 0.2) is 0 Å². The lowest BCUT2D eigenvalue weighted by Gasteiger charge is -2.32. The third-order valence-electron chi connectivity index (χ3n) is 2.54. The molecule has 0 aliphatic heterocycles. The van der Waals surface area contributed by atoms with Crippen LogP contribution in [-0.2, 0) is 0 Å². The number of anilines is 1. The molecule has 1 rings (SSSR count). The zero-order chi connectivity index (χ0) is 12.2. The molecular formula is C13H21FN2. The van der Waals surface area contributed by atoms with Gasteiger partial charge in [-0.3, -0.25) is 0 Å². The second-order valence-electron chi connectivity index (χ2n) is 4.75. The molecule has 0 atom stereocenters. The van der Waals surface area contributed by atoms with E-state index in [4.69, 9.17) is 0 Å². The topological polar surface area (TPSA) is 15.3 Å². The van der Waals surface area contributed by atoms with Crippen LogP contribution in [0.5, 0.6) is 0 Å². The quantitative estimate of drug-likeness (QED) is 0.827. The molecule has 1 aromatic rings. The molecule has 0 unspecified atom stereocenters. The van der Waals surface area contributed by atoms with Gasteiger partial charge in [0.05, 0.1) is 0 Å². The molecule has 3 heteroatoms. The largest absolute Gasteiger partial charge is 0.373 e. The first-order valence-electron chi connectivity index (χ1n) is 5.66. The summed E-state index contributed by atoms with van der Waals surface area (Å²) in [4.78, 5) is 2.06. The van der Waals surface area contributed by atoms with Gasteiger partial charge in [-0.15, -0.1) is 0 Å². The Balaban J connectivity index is 2.68. The van der Waals surface area contributed by atoms with Crippen molar-refractivity contribution < 1.29 is 4.39 Å². The number of benzene rings is 1. The lowest BCUT2D eigenvalue weighted by atomic mass is 10.0. The van der Waals surface area contributed by atoms with Crippen LogP contribution in [-0.4, -0.2) is 25.7 Å². The van der Waals surface area contributed by atoms with E-state index in [0.29, 0.717) is 0 Å². The number of halogens is 1. The molecule has 2 nitrogen and oxygen atoms in total. The molecule has 90 valence electrons. The number of hydrogen-bond donors (Lipinski definition) is 1. The Morgan fingerprint density at radius 1 is 1.38 bits per heavy atom. The number of nitrogens with zero attached hydrogens (tertiary/aromatic N) is 1. The normalized spacial score (nSPS) is 11.6. The van der Waals surface area contributed by atoms with E-state index < -0.39 is 0 Å². The average molecular weight is 224 g/mol. The second-order valence-corrected chi connectivity index (χ2v) is 4.75. The molecule has 16 heavy (non-hydrogen) atoms. The second kappa shape index (κ2) is 5.30. The molecule has 0 spiro atoms. The number of hydrogen-bond acceptors (Lipinski definition) is 2. The van der Waals surface area contributed by atoms with E-state index in [9.17, 15) is 4.39 Å². The van der Waals surface area contributed by atoms with Gasteiger partial charge in [0, 0.05) is 24.8 Å². The van der Waals surface area contributed by atoms with E-state index in [2.05, 4.69) is 31.0 Å². The van der Waals surface area contributed by atoms with Gasteiger partial charge < -0.3 is 10.2 Å². The van der Waals surface area contributed by atoms with Crippen molar-refractivity contribution in [3.63, 3.8) is 0 Å². The Morgan fingerprint density at radius 3 is 2.62 bits per heavy atom. The van der Waals surface area contributed by atoms with E-state index in [1.807, 2.05) is 13.1 Å². The Labute approximate surface area is 97.5 Å². The Morgan fingerprint density at radius 2 is 2.06 bits per heavy atom. The monoisotopic (exact) mass is 224 g/mol. The zero-order valence-electron chi connectivity index (χ0n) is 10.5. The molecule has 0 fully saturated rings. The first kappa shape index (κ1) is 13.0. The van der Waals surface area contributed by atoms with Crippen LogP contribution >= 0.6 is 0 Å². The summed E-state index contributed by atoms with van der Waals surface area (Å²) in [6.45, 7) is 8.15.